The van der Waals surface area contributed by atoms with Gasteiger partial charge in [0.25, 0.3) is 0 Å². The van der Waals surface area contributed by atoms with E-state index in [0.717, 1.165) is 12.8 Å². The molecular formula is C8H13BrClNS. The van der Waals surface area contributed by atoms with Crippen molar-refractivity contribution in [2.75, 3.05) is 0 Å². The predicted octanol–water partition coefficient (Wildman–Crippen LogP) is 3.21. The second-order valence-corrected chi connectivity index (χ2v) is 5.13. The Balaban J connectivity index is 0.00000121. The van der Waals surface area contributed by atoms with E-state index in [-0.39, 0.29) is 12.4 Å². The zero-order chi connectivity index (χ0) is 8.27. The highest BCUT2D eigenvalue weighted by atomic mass is 79.9. The maximum atomic E-state index is 5.81. The maximum absolute atomic E-state index is 5.81. The van der Waals surface area contributed by atoms with Gasteiger partial charge in [0.2, 0.25) is 0 Å². The van der Waals surface area contributed by atoms with Gasteiger partial charge in [-0.1, -0.05) is 6.92 Å². The van der Waals surface area contributed by atoms with Crippen molar-refractivity contribution < 1.29 is 0 Å². The lowest BCUT2D eigenvalue weighted by molar-refractivity contribution is 0.652. The lowest BCUT2D eigenvalue weighted by atomic mass is 10.1. The van der Waals surface area contributed by atoms with Crippen molar-refractivity contribution in [3.05, 3.63) is 20.8 Å². The van der Waals surface area contributed by atoms with Crippen LogP contribution in [0.3, 0.4) is 0 Å². The van der Waals surface area contributed by atoms with Crippen LogP contribution in [0.5, 0.6) is 0 Å². The highest BCUT2D eigenvalue weighted by molar-refractivity contribution is 9.11. The molecule has 1 heterocycles. The SMILES string of the molecule is CCC(N)Cc1ccc(Br)s1.Cl. The first kappa shape index (κ1) is 12.4. The highest BCUT2D eigenvalue weighted by Gasteiger charge is 2.02. The first-order valence-corrected chi connectivity index (χ1v) is 5.33. The molecule has 0 bridgehead atoms. The van der Waals surface area contributed by atoms with Gasteiger partial charge in [-0.05, 0) is 40.9 Å². The molecule has 2 N–H and O–H groups in total. The summed E-state index contributed by atoms with van der Waals surface area (Å²) in [5.41, 5.74) is 5.81. The molecule has 12 heavy (non-hydrogen) atoms. The average Bonchev–Trinajstić information content (AvgIpc) is 2.35. The van der Waals surface area contributed by atoms with Crippen LogP contribution in [0.2, 0.25) is 0 Å². The van der Waals surface area contributed by atoms with Gasteiger partial charge >= 0.3 is 0 Å². The molecule has 0 saturated heterocycles. The van der Waals surface area contributed by atoms with Crippen LogP contribution in [-0.2, 0) is 6.42 Å². The molecule has 0 aromatic carbocycles. The Hall–Kier alpha value is 0.430. The first-order chi connectivity index (χ1) is 5.22. The quantitative estimate of drug-likeness (QED) is 0.897. The summed E-state index contributed by atoms with van der Waals surface area (Å²) in [6.45, 7) is 2.12. The fourth-order valence-electron chi connectivity index (χ4n) is 0.864. The molecule has 1 rings (SSSR count). The van der Waals surface area contributed by atoms with Gasteiger partial charge in [0, 0.05) is 10.9 Å². The molecule has 0 aliphatic carbocycles. The Morgan fingerprint density at radius 3 is 2.67 bits per heavy atom. The van der Waals surface area contributed by atoms with Gasteiger partial charge in [-0.15, -0.1) is 23.7 Å². The van der Waals surface area contributed by atoms with E-state index in [9.17, 15) is 0 Å². The minimum Gasteiger partial charge on any atom is -0.327 e. The molecule has 0 fully saturated rings. The number of hydrogen-bond donors (Lipinski definition) is 1. The van der Waals surface area contributed by atoms with E-state index >= 15 is 0 Å². The van der Waals surface area contributed by atoms with Crippen molar-refractivity contribution >= 4 is 39.7 Å². The van der Waals surface area contributed by atoms with E-state index in [2.05, 4.69) is 35.0 Å². The van der Waals surface area contributed by atoms with E-state index in [4.69, 9.17) is 5.73 Å². The summed E-state index contributed by atoms with van der Waals surface area (Å²) in [6, 6.07) is 4.52. The summed E-state index contributed by atoms with van der Waals surface area (Å²) >= 11 is 5.19. The Morgan fingerprint density at radius 1 is 1.58 bits per heavy atom. The van der Waals surface area contributed by atoms with Gasteiger partial charge in [0.1, 0.15) is 0 Å². The summed E-state index contributed by atoms with van der Waals surface area (Å²) in [5, 5.41) is 0. The molecule has 1 aromatic heterocycles. The number of halogens is 2. The number of rotatable bonds is 3. The van der Waals surface area contributed by atoms with Crippen LogP contribution in [0.1, 0.15) is 18.2 Å². The first-order valence-electron chi connectivity index (χ1n) is 3.72. The average molecular weight is 271 g/mol. The van der Waals surface area contributed by atoms with Gasteiger partial charge in [-0.3, -0.25) is 0 Å². The minimum atomic E-state index is 0. The van der Waals surface area contributed by atoms with E-state index in [1.54, 1.807) is 11.3 Å². The molecule has 1 nitrogen and oxygen atoms in total. The van der Waals surface area contributed by atoms with Gasteiger partial charge in [-0.2, -0.15) is 0 Å². The molecule has 0 spiro atoms. The normalized spacial score (nSPS) is 12.2. The van der Waals surface area contributed by atoms with Crippen LogP contribution in [0.25, 0.3) is 0 Å². The largest absolute Gasteiger partial charge is 0.327 e. The van der Waals surface area contributed by atoms with Crippen molar-refractivity contribution in [2.24, 2.45) is 5.73 Å². The molecule has 1 aromatic rings. The van der Waals surface area contributed by atoms with Gasteiger partial charge in [0.15, 0.2) is 0 Å². The van der Waals surface area contributed by atoms with Crippen LogP contribution in [0.15, 0.2) is 15.9 Å². The van der Waals surface area contributed by atoms with Gasteiger partial charge < -0.3 is 5.73 Å². The predicted molar refractivity (Wildman–Crippen MR) is 61.2 cm³/mol. The lowest BCUT2D eigenvalue weighted by Crippen LogP contribution is -2.20. The van der Waals surface area contributed by atoms with Crippen LogP contribution in [-0.4, -0.2) is 6.04 Å². The molecule has 0 radical (unpaired) electrons. The third kappa shape index (κ3) is 3.90. The second kappa shape index (κ2) is 5.97. The van der Waals surface area contributed by atoms with Gasteiger partial charge in [0.05, 0.1) is 3.79 Å². The van der Waals surface area contributed by atoms with Crippen molar-refractivity contribution in [3.63, 3.8) is 0 Å². The minimum absolute atomic E-state index is 0. The fraction of sp³-hybridized carbons (Fsp3) is 0.500. The van der Waals surface area contributed by atoms with Crippen LogP contribution in [0.4, 0.5) is 0 Å². The fourth-order valence-corrected chi connectivity index (χ4v) is 2.44. The van der Waals surface area contributed by atoms with E-state index in [1.807, 2.05) is 0 Å². The van der Waals surface area contributed by atoms with Crippen molar-refractivity contribution in [1.82, 2.24) is 0 Å². The Bertz CT molecular complexity index is 227. The molecule has 0 aliphatic heterocycles. The monoisotopic (exact) mass is 269 g/mol. The van der Waals surface area contributed by atoms with Crippen molar-refractivity contribution in [1.29, 1.82) is 0 Å². The molecule has 0 saturated carbocycles. The molecule has 1 unspecified atom stereocenters. The molecule has 4 heteroatoms. The molecule has 0 amide bonds. The summed E-state index contributed by atoms with van der Waals surface area (Å²) < 4.78 is 1.19. The smallest absolute Gasteiger partial charge is 0.0701 e. The summed E-state index contributed by atoms with van der Waals surface area (Å²) in [6.07, 6.45) is 2.06. The standard InChI is InChI=1S/C8H12BrNS.ClH/c1-2-6(10)5-7-3-4-8(9)11-7;/h3-4,6H,2,5,10H2,1H3;1H. The zero-order valence-corrected chi connectivity index (χ0v) is 10.1. The topological polar surface area (TPSA) is 26.0 Å². The van der Waals surface area contributed by atoms with Crippen LogP contribution in [0, 0.1) is 0 Å². The van der Waals surface area contributed by atoms with Crippen molar-refractivity contribution in [3.8, 4) is 0 Å². The molecule has 0 aliphatic rings. The Morgan fingerprint density at radius 2 is 2.25 bits per heavy atom. The van der Waals surface area contributed by atoms with Gasteiger partial charge in [-0.25, -0.2) is 0 Å². The van der Waals surface area contributed by atoms with E-state index in [1.165, 1.54) is 8.66 Å². The van der Waals surface area contributed by atoms with Crippen LogP contribution < -0.4 is 5.73 Å². The zero-order valence-electron chi connectivity index (χ0n) is 6.92. The number of hydrogen-bond acceptors (Lipinski definition) is 2. The number of thiophene rings is 1. The second-order valence-electron chi connectivity index (χ2n) is 2.58. The summed E-state index contributed by atoms with van der Waals surface area (Å²) in [4.78, 5) is 1.37. The maximum Gasteiger partial charge on any atom is 0.0701 e. The van der Waals surface area contributed by atoms with E-state index in [0.29, 0.717) is 6.04 Å². The lowest BCUT2D eigenvalue weighted by Gasteiger charge is -2.04. The summed E-state index contributed by atoms with van der Waals surface area (Å²) in [7, 11) is 0. The molecule has 70 valence electrons. The molecular weight excluding hydrogens is 258 g/mol. The molecule has 1 atom stereocenters. The van der Waals surface area contributed by atoms with E-state index < -0.39 is 0 Å². The summed E-state index contributed by atoms with van der Waals surface area (Å²) in [5.74, 6) is 0. The Kier molecular flexibility index (Phi) is 6.19. The third-order valence-electron chi connectivity index (χ3n) is 1.62. The Labute approximate surface area is 91.9 Å². The van der Waals surface area contributed by atoms with Crippen LogP contribution >= 0.6 is 39.7 Å². The highest BCUT2D eigenvalue weighted by Crippen LogP contribution is 2.23. The van der Waals surface area contributed by atoms with Crippen molar-refractivity contribution in [2.45, 2.75) is 25.8 Å². The third-order valence-corrected chi connectivity index (χ3v) is 3.26. The number of nitrogens with two attached hydrogens (primary N) is 1.